The molecule has 0 aliphatic heterocycles. The second-order valence-electron chi connectivity index (χ2n) is 10.5. The molecule has 1 fully saturated rings. The maximum absolute atomic E-state index is 13.3. The van der Waals surface area contributed by atoms with Crippen LogP contribution in [0.1, 0.15) is 68.8 Å². The van der Waals surface area contributed by atoms with E-state index in [0.29, 0.717) is 35.7 Å². The van der Waals surface area contributed by atoms with Crippen molar-refractivity contribution in [1.82, 2.24) is 4.90 Å². The van der Waals surface area contributed by atoms with E-state index in [-0.39, 0.29) is 29.3 Å². The number of anilines is 1. The van der Waals surface area contributed by atoms with Crippen molar-refractivity contribution in [3.8, 4) is 11.5 Å². The molecular weight excluding hydrogens is 442 g/mol. The molecule has 2 unspecified atom stereocenters. The lowest BCUT2D eigenvalue weighted by molar-refractivity contribution is -0.137. The predicted molar refractivity (Wildman–Crippen MR) is 139 cm³/mol. The molecule has 0 heterocycles. The standard InChI is InChI=1S/C28H39N3O4/c1-28(2,3)17-26(32)31(23-9-7-6-8-22(23)29)18-19-10-13-21(14-11-19)30-27(33)20-12-15-24(34-4)25(16-20)35-5/h10-16,22-23H,6-9,17-18,29H2,1-5H3,(H,30,33). The van der Waals surface area contributed by atoms with Crippen LogP contribution >= 0.6 is 0 Å². The van der Waals surface area contributed by atoms with Crippen molar-refractivity contribution in [1.29, 1.82) is 0 Å². The Morgan fingerprint density at radius 2 is 1.66 bits per heavy atom. The second kappa shape index (κ2) is 11.6. The van der Waals surface area contributed by atoms with Gasteiger partial charge in [-0.15, -0.1) is 0 Å². The van der Waals surface area contributed by atoms with E-state index in [1.807, 2.05) is 29.2 Å². The second-order valence-corrected chi connectivity index (χ2v) is 10.5. The Morgan fingerprint density at radius 1 is 1.00 bits per heavy atom. The topological polar surface area (TPSA) is 93.9 Å². The zero-order valence-electron chi connectivity index (χ0n) is 21.6. The first-order chi connectivity index (χ1) is 16.6. The number of carbonyl (C=O) groups is 2. The third-order valence-corrected chi connectivity index (χ3v) is 6.39. The Labute approximate surface area is 209 Å². The Hall–Kier alpha value is -3.06. The zero-order valence-corrected chi connectivity index (χ0v) is 21.6. The first kappa shape index (κ1) is 26.5. The SMILES string of the molecule is COc1ccc(C(=O)Nc2ccc(CN(C(=O)CC(C)(C)C)C3CCCCC3N)cc2)cc1OC. The van der Waals surface area contributed by atoms with Crippen LogP contribution < -0.4 is 20.5 Å². The number of carbonyl (C=O) groups excluding carboxylic acids is 2. The van der Waals surface area contributed by atoms with Gasteiger partial charge in [0, 0.05) is 36.3 Å². The largest absolute Gasteiger partial charge is 0.493 e. The summed E-state index contributed by atoms with van der Waals surface area (Å²) in [7, 11) is 3.09. The van der Waals surface area contributed by atoms with Gasteiger partial charge in [-0.05, 0) is 54.2 Å². The monoisotopic (exact) mass is 481 g/mol. The summed E-state index contributed by atoms with van der Waals surface area (Å²) in [6, 6.07) is 12.7. The number of methoxy groups -OCH3 is 2. The summed E-state index contributed by atoms with van der Waals surface area (Å²) in [5, 5.41) is 2.92. The van der Waals surface area contributed by atoms with Gasteiger partial charge in [-0.25, -0.2) is 0 Å². The molecule has 7 heteroatoms. The number of ether oxygens (including phenoxy) is 2. The van der Waals surface area contributed by atoms with Crippen LogP contribution in [-0.4, -0.2) is 43.0 Å². The van der Waals surface area contributed by atoms with Gasteiger partial charge < -0.3 is 25.4 Å². The average molecular weight is 482 g/mol. The molecule has 1 aliphatic carbocycles. The Bertz CT molecular complexity index is 1010. The van der Waals surface area contributed by atoms with Gasteiger partial charge in [0.05, 0.1) is 14.2 Å². The number of amides is 2. The van der Waals surface area contributed by atoms with Gasteiger partial charge in [-0.2, -0.15) is 0 Å². The minimum absolute atomic E-state index is 0.00715. The highest BCUT2D eigenvalue weighted by Crippen LogP contribution is 2.29. The quantitative estimate of drug-likeness (QED) is 0.554. The molecule has 0 spiro atoms. The van der Waals surface area contributed by atoms with E-state index in [2.05, 4.69) is 26.1 Å². The molecule has 1 aliphatic rings. The number of nitrogens with zero attached hydrogens (tertiary/aromatic N) is 1. The molecule has 0 saturated heterocycles. The molecule has 0 radical (unpaired) electrons. The zero-order chi connectivity index (χ0) is 25.6. The van der Waals surface area contributed by atoms with Gasteiger partial charge in [0.2, 0.25) is 5.91 Å². The van der Waals surface area contributed by atoms with Crippen LogP contribution in [0.5, 0.6) is 11.5 Å². The fourth-order valence-electron chi connectivity index (χ4n) is 4.54. The summed E-state index contributed by atoms with van der Waals surface area (Å²) >= 11 is 0. The molecule has 35 heavy (non-hydrogen) atoms. The highest BCUT2D eigenvalue weighted by Gasteiger charge is 2.32. The lowest BCUT2D eigenvalue weighted by atomic mass is 9.87. The third kappa shape index (κ3) is 7.21. The molecule has 3 N–H and O–H groups in total. The van der Waals surface area contributed by atoms with Crippen LogP contribution in [0.25, 0.3) is 0 Å². The minimum atomic E-state index is -0.242. The van der Waals surface area contributed by atoms with Crippen LogP contribution in [0.4, 0.5) is 5.69 Å². The van der Waals surface area contributed by atoms with E-state index in [9.17, 15) is 9.59 Å². The lowest BCUT2D eigenvalue weighted by Gasteiger charge is -2.39. The van der Waals surface area contributed by atoms with Crippen LogP contribution in [-0.2, 0) is 11.3 Å². The summed E-state index contributed by atoms with van der Waals surface area (Å²) in [4.78, 5) is 28.0. The fourth-order valence-corrected chi connectivity index (χ4v) is 4.54. The van der Waals surface area contributed by atoms with Gasteiger partial charge in [-0.3, -0.25) is 9.59 Å². The molecular formula is C28H39N3O4. The molecule has 0 aromatic heterocycles. The Kier molecular flexibility index (Phi) is 8.78. The normalized spacial score (nSPS) is 18.0. The van der Waals surface area contributed by atoms with Gasteiger partial charge in [0.1, 0.15) is 0 Å². The summed E-state index contributed by atoms with van der Waals surface area (Å²) < 4.78 is 10.5. The van der Waals surface area contributed by atoms with Crippen LogP contribution in [0.2, 0.25) is 0 Å². The summed E-state index contributed by atoms with van der Waals surface area (Å²) in [5.74, 6) is 0.965. The smallest absolute Gasteiger partial charge is 0.255 e. The van der Waals surface area contributed by atoms with Gasteiger partial charge in [0.25, 0.3) is 5.91 Å². The van der Waals surface area contributed by atoms with Crippen LogP contribution in [0.3, 0.4) is 0 Å². The molecule has 3 rings (SSSR count). The summed E-state index contributed by atoms with van der Waals surface area (Å²) in [5.41, 5.74) is 8.51. The van der Waals surface area contributed by atoms with Gasteiger partial charge >= 0.3 is 0 Å². The fraction of sp³-hybridized carbons (Fsp3) is 0.500. The van der Waals surface area contributed by atoms with E-state index in [1.54, 1.807) is 25.3 Å². The molecule has 1 saturated carbocycles. The van der Waals surface area contributed by atoms with Crippen molar-refractivity contribution < 1.29 is 19.1 Å². The number of hydrogen-bond acceptors (Lipinski definition) is 5. The minimum Gasteiger partial charge on any atom is -0.493 e. The molecule has 2 amide bonds. The van der Waals surface area contributed by atoms with Crippen LogP contribution in [0.15, 0.2) is 42.5 Å². The highest BCUT2D eigenvalue weighted by molar-refractivity contribution is 6.04. The maximum atomic E-state index is 13.3. The molecule has 0 bridgehead atoms. The number of rotatable bonds is 8. The third-order valence-electron chi connectivity index (χ3n) is 6.39. The van der Waals surface area contributed by atoms with Crippen LogP contribution in [0, 0.1) is 5.41 Å². The molecule has 190 valence electrons. The number of hydrogen-bond donors (Lipinski definition) is 2. The number of nitrogens with two attached hydrogens (primary N) is 1. The summed E-state index contributed by atoms with van der Waals surface area (Å²) in [6.07, 6.45) is 4.59. The average Bonchev–Trinajstić information content (AvgIpc) is 2.82. The predicted octanol–water partition coefficient (Wildman–Crippen LogP) is 4.99. The van der Waals surface area contributed by atoms with E-state index in [0.717, 1.165) is 31.2 Å². The molecule has 2 aromatic carbocycles. The first-order valence-electron chi connectivity index (χ1n) is 12.3. The van der Waals surface area contributed by atoms with Crippen molar-refractivity contribution in [2.75, 3.05) is 19.5 Å². The van der Waals surface area contributed by atoms with Gasteiger partial charge in [0.15, 0.2) is 11.5 Å². The van der Waals surface area contributed by atoms with Gasteiger partial charge in [-0.1, -0.05) is 45.7 Å². The Morgan fingerprint density at radius 3 is 2.26 bits per heavy atom. The van der Waals surface area contributed by atoms with Crippen molar-refractivity contribution in [3.05, 3.63) is 53.6 Å². The first-order valence-corrected chi connectivity index (χ1v) is 12.3. The molecule has 7 nitrogen and oxygen atoms in total. The maximum Gasteiger partial charge on any atom is 0.255 e. The lowest BCUT2D eigenvalue weighted by Crippen LogP contribution is -2.52. The van der Waals surface area contributed by atoms with E-state index in [1.165, 1.54) is 7.11 Å². The van der Waals surface area contributed by atoms with Crippen molar-refractivity contribution in [3.63, 3.8) is 0 Å². The van der Waals surface area contributed by atoms with E-state index < -0.39 is 0 Å². The summed E-state index contributed by atoms with van der Waals surface area (Å²) in [6.45, 7) is 6.76. The van der Waals surface area contributed by atoms with E-state index >= 15 is 0 Å². The van der Waals surface area contributed by atoms with E-state index in [4.69, 9.17) is 15.2 Å². The van der Waals surface area contributed by atoms with Crippen molar-refractivity contribution in [2.24, 2.45) is 11.1 Å². The van der Waals surface area contributed by atoms with Crippen molar-refractivity contribution in [2.45, 2.75) is 71.5 Å². The van der Waals surface area contributed by atoms with Crippen molar-refractivity contribution >= 4 is 17.5 Å². The highest BCUT2D eigenvalue weighted by atomic mass is 16.5. The number of benzene rings is 2. The number of nitrogens with one attached hydrogen (secondary N) is 1. The molecule has 2 atom stereocenters. The molecule has 2 aromatic rings. The Balaban J connectivity index is 1.72.